The van der Waals surface area contributed by atoms with Crippen molar-refractivity contribution in [3.8, 4) is 11.5 Å². The van der Waals surface area contributed by atoms with E-state index in [0.717, 1.165) is 61.1 Å². The highest BCUT2D eigenvalue weighted by Gasteiger charge is 2.25. The normalized spacial score (nSPS) is 18.3. The van der Waals surface area contributed by atoms with Crippen LogP contribution in [-0.4, -0.2) is 38.2 Å². The van der Waals surface area contributed by atoms with Crippen molar-refractivity contribution in [3.05, 3.63) is 52.9 Å². The summed E-state index contributed by atoms with van der Waals surface area (Å²) in [4.78, 5) is 11.7. The van der Waals surface area contributed by atoms with Gasteiger partial charge < -0.3 is 4.42 Å². The molecule has 4 rings (SSSR count). The van der Waals surface area contributed by atoms with Gasteiger partial charge in [0.25, 0.3) is 0 Å². The third-order valence-corrected chi connectivity index (χ3v) is 5.02. The lowest BCUT2D eigenvalue weighted by Crippen LogP contribution is -2.34. The highest BCUT2D eigenvalue weighted by Crippen LogP contribution is 2.27. The maximum atomic E-state index is 5.94. The first-order valence-corrected chi connectivity index (χ1v) is 9.23. The van der Waals surface area contributed by atoms with Gasteiger partial charge in [0.05, 0.1) is 5.69 Å². The fraction of sp³-hybridized carbons (Fsp3) is 0.450. The number of benzene rings is 1. The number of oxazole rings is 1. The Kier molecular flexibility index (Phi) is 4.59. The number of nitrogens with zero attached hydrogens (tertiary/aromatic N) is 4. The van der Waals surface area contributed by atoms with Crippen molar-refractivity contribution in [2.45, 2.75) is 46.1 Å². The Morgan fingerprint density at radius 1 is 1.23 bits per heavy atom. The molecule has 0 bridgehead atoms. The third-order valence-electron chi connectivity index (χ3n) is 5.02. The first-order valence-electron chi connectivity index (χ1n) is 9.23. The van der Waals surface area contributed by atoms with Gasteiger partial charge in [0.2, 0.25) is 5.89 Å². The molecule has 6 heteroatoms. The second-order valence-corrected chi connectivity index (χ2v) is 7.24. The number of aromatic nitrogens is 4. The minimum absolute atomic E-state index is 0.386. The number of likely N-dealkylation sites (tertiary alicyclic amines) is 1. The molecule has 3 aromatic rings. The van der Waals surface area contributed by atoms with Gasteiger partial charge in [0.1, 0.15) is 11.6 Å². The topological polar surface area (TPSA) is 70.8 Å². The van der Waals surface area contributed by atoms with Crippen LogP contribution < -0.4 is 0 Å². The molecule has 2 aromatic heterocycles. The molecular weight excluding hydrogens is 326 g/mol. The second kappa shape index (κ2) is 7.03. The quantitative estimate of drug-likeness (QED) is 0.775. The average Bonchev–Trinajstić information content (AvgIpc) is 3.22. The Bertz CT molecular complexity index is 897. The van der Waals surface area contributed by atoms with Crippen LogP contribution in [0.1, 0.15) is 47.4 Å². The molecular formula is C20H25N5O. The lowest BCUT2D eigenvalue weighted by atomic mass is 9.97. The van der Waals surface area contributed by atoms with Crippen molar-refractivity contribution < 1.29 is 4.42 Å². The molecule has 1 aliphatic rings. The van der Waals surface area contributed by atoms with Crippen LogP contribution in [0.2, 0.25) is 0 Å². The van der Waals surface area contributed by atoms with Crippen LogP contribution >= 0.6 is 0 Å². The molecule has 136 valence electrons. The monoisotopic (exact) mass is 351 g/mol. The number of nitrogens with one attached hydrogen (secondary N) is 1. The van der Waals surface area contributed by atoms with Crippen molar-refractivity contribution in [2.24, 2.45) is 0 Å². The van der Waals surface area contributed by atoms with Crippen LogP contribution in [0.3, 0.4) is 0 Å². The lowest BCUT2D eigenvalue weighted by Gasteiger charge is -2.30. The molecule has 6 nitrogen and oxygen atoms in total. The average molecular weight is 351 g/mol. The van der Waals surface area contributed by atoms with Gasteiger partial charge in [0.15, 0.2) is 5.82 Å². The standard InChI is InChI=1S/C20H25N5O/c1-13-6-4-7-16(10-13)20-22-18(14(2)26-20)12-25-9-5-8-17(11-25)19-21-15(3)23-24-19/h4,6-7,10,17H,5,8-9,11-12H2,1-3H3,(H,21,23,24)/t17-/m0/s1. The van der Waals surface area contributed by atoms with E-state index in [1.54, 1.807) is 0 Å². The van der Waals surface area contributed by atoms with Crippen LogP contribution in [0.25, 0.3) is 11.5 Å². The zero-order chi connectivity index (χ0) is 18.1. The summed E-state index contributed by atoms with van der Waals surface area (Å²) < 4.78 is 5.94. The maximum absolute atomic E-state index is 5.94. The summed E-state index contributed by atoms with van der Waals surface area (Å²) in [6.45, 7) is 8.87. The lowest BCUT2D eigenvalue weighted by molar-refractivity contribution is 0.194. The van der Waals surface area contributed by atoms with E-state index in [1.807, 2.05) is 26.0 Å². The van der Waals surface area contributed by atoms with Crippen LogP contribution in [0.4, 0.5) is 0 Å². The number of aryl methyl sites for hydroxylation is 3. The number of piperidine rings is 1. The van der Waals surface area contributed by atoms with Crippen LogP contribution in [0.15, 0.2) is 28.7 Å². The van der Waals surface area contributed by atoms with E-state index in [0.29, 0.717) is 11.8 Å². The molecule has 1 aliphatic heterocycles. The van der Waals surface area contributed by atoms with E-state index < -0.39 is 0 Å². The Morgan fingerprint density at radius 3 is 2.88 bits per heavy atom. The van der Waals surface area contributed by atoms with Crippen molar-refractivity contribution >= 4 is 0 Å². The summed E-state index contributed by atoms with van der Waals surface area (Å²) in [5.74, 6) is 3.81. The van der Waals surface area contributed by atoms with Crippen molar-refractivity contribution in [3.63, 3.8) is 0 Å². The molecule has 1 aromatic carbocycles. The molecule has 3 heterocycles. The predicted molar refractivity (Wildman–Crippen MR) is 99.8 cm³/mol. The van der Waals surface area contributed by atoms with E-state index in [4.69, 9.17) is 9.40 Å². The molecule has 0 radical (unpaired) electrons. The summed E-state index contributed by atoms with van der Waals surface area (Å²) in [5.41, 5.74) is 3.26. The molecule has 0 amide bonds. The minimum atomic E-state index is 0.386. The summed E-state index contributed by atoms with van der Waals surface area (Å²) in [5, 5.41) is 7.31. The number of H-pyrrole nitrogens is 1. The smallest absolute Gasteiger partial charge is 0.226 e. The van der Waals surface area contributed by atoms with E-state index in [9.17, 15) is 0 Å². The molecule has 0 spiro atoms. The maximum Gasteiger partial charge on any atom is 0.226 e. The van der Waals surface area contributed by atoms with Crippen LogP contribution in [-0.2, 0) is 6.54 Å². The van der Waals surface area contributed by atoms with Crippen LogP contribution in [0.5, 0.6) is 0 Å². The Morgan fingerprint density at radius 2 is 2.12 bits per heavy atom. The molecule has 1 N–H and O–H groups in total. The minimum Gasteiger partial charge on any atom is -0.441 e. The fourth-order valence-electron chi connectivity index (χ4n) is 3.64. The fourth-order valence-corrected chi connectivity index (χ4v) is 3.64. The van der Waals surface area contributed by atoms with E-state index >= 15 is 0 Å². The van der Waals surface area contributed by atoms with Crippen molar-refractivity contribution in [2.75, 3.05) is 13.1 Å². The van der Waals surface area contributed by atoms with Gasteiger partial charge in [0, 0.05) is 24.6 Å². The van der Waals surface area contributed by atoms with Gasteiger partial charge >= 0.3 is 0 Å². The predicted octanol–water partition coefficient (Wildman–Crippen LogP) is 3.76. The summed E-state index contributed by atoms with van der Waals surface area (Å²) >= 11 is 0. The van der Waals surface area contributed by atoms with Gasteiger partial charge in [-0.1, -0.05) is 17.7 Å². The van der Waals surface area contributed by atoms with E-state index in [2.05, 4.69) is 39.1 Å². The Labute approximate surface area is 153 Å². The molecule has 0 saturated carbocycles. The summed E-state index contributed by atoms with van der Waals surface area (Å²) in [6.07, 6.45) is 2.29. The summed E-state index contributed by atoms with van der Waals surface area (Å²) in [6, 6.07) is 8.28. The number of hydrogen-bond acceptors (Lipinski definition) is 5. The van der Waals surface area contributed by atoms with Gasteiger partial charge in [-0.2, -0.15) is 5.10 Å². The van der Waals surface area contributed by atoms with E-state index in [-0.39, 0.29) is 0 Å². The molecule has 0 unspecified atom stereocenters. The number of aromatic amines is 1. The van der Waals surface area contributed by atoms with Gasteiger partial charge in [-0.05, 0) is 52.3 Å². The molecule has 1 saturated heterocycles. The molecule has 0 aliphatic carbocycles. The Balaban J connectivity index is 1.48. The van der Waals surface area contributed by atoms with Gasteiger partial charge in [-0.3, -0.25) is 10.00 Å². The highest BCUT2D eigenvalue weighted by molar-refractivity contribution is 5.54. The van der Waals surface area contributed by atoms with E-state index in [1.165, 1.54) is 5.56 Å². The van der Waals surface area contributed by atoms with Gasteiger partial charge in [-0.25, -0.2) is 9.97 Å². The first kappa shape index (κ1) is 17.0. The zero-order valence-electron chi connectivity index (χ0n) is 15.6. The Hall–Kier alpha value is -2.47. The van der Waals surface area contributed by atoms with Gasteiger partial charge in [-0.15, -0.1) is 0 Å². The number of hydrogen-bond donors (Lipinski definition) is 1. The SMILES string of the molecule is Cc1cccc(-c2nc(CN3CCC[C@H](c4n[nH]c(C)n4)C3)c(C)o2)c1. The molecule has 26 heavy (non-hydrogen) atoms. The number of rotatable bonds is 4. The largest absolute Gasteiger partial charge is 0.441 e. The van der Waals surface area contributed by atoms with Crippen molar-refractivity contribution in [1.29, 1.82) is 0 Å². The second-order valence-electron chi connectivity index (χ2n) is 7.24. The first-order chi connectivity index (χ1) is 12.6. The third kappa shape index (κ3) is 3.55. The zero-order valence-corrected chi connectivity index (χ0v) is 15.6. The molecule has 1 fully saturated rings. The van der Waals surface area contributed by atoms with Crippen molar-refractivity contribution in [1.82, 2.24) is 25.1 Å². The summed E-state index contributed by atoms with van der Waals surface area (Å²) in [7, 11) is 0. The molecule has 1 atom stereocenters. The van der Waals surface area contributed by atoms with Crippen LogP contribution in [0, 0.1) is 20.8 Å². The highest BCUT2D eigenvalue weighted by atomic mass is 16.4.